The molecule has 0 bridgehead atoms. The van der Waals surface area contributed by atoms with Gasteiger partial charge in [0.05, 0.1) is 6.67 Å². The molecule has 1 fully saturated rings. The van der Waals surface area contributed by atoms with Crippen LogP contribution in [0.4, 0.5) is 0 Å². The van der Waals surface area contributed by atoms with Crippen LogP contribution in [0.3, 0.4) is 0 Å². The van der Waals surface area contributed by atoms with Crippen LogP contribution >= 0.6 is 0 Å². The van der Waals surface area contributed by atoms with Gasteiger partial charge in [-0.1, -0.05) is 102 Å². The van der Waals surface area contributed by atoms with Crippen molar-refractivity contribution in [3.63, 3.8) is 0 Å². The van der Waals surface area contributed by atoms with Crippen LogP contribution in [0.1, 0.15) is 78.6 Å². The van der Waals surface area contributed by atoms with E-state index >= 15 is 0 Å². The summed E-state index contributed by atoms with van der Waals surface area (Å²) in [6, 6.07) is 23.7. The van der Waals surface area contributed by atoms with Gasteiger partial charge in [0, 0.05) is 24.2 Å². The fourth-order valence-corrected chi connectivity index (χ4v) is 5.24. The Bertz CT molecular complexity index is 702. The number of benzene rings is 2. The van der Waals surface area contributed by atoms with Crippen LogP contribution < -0.4 is 0 Å². The second kappa shape index (κ2) is 8.24. The SMILES string of the molecule is C[C@@H](c1ccccc1)N1CN([C@@H](C)c2ccccc2)[C@@H](C(C)(C)C)[C@@H]1C(C)(C)C. The van der Waals surface area contributed by atoms with Gasteiger partial charge in [0.25, 0.3) is 0 Å². The quantitative estimate of drug-likeness (QED) is 0.557. The van der Waals surface area contributed by atoms with E-state index in [9.17, 15) is 0 Å². The Kier molecular flexibility index (Phi) is 6.27. The molecule has 0 aromatic heterocycles. The molecule has 2 aromatic rings. The van der Waals surface area contributed by atoms with Crippen molar-refractivity contribution in [1.82, 2.24) is 9.80 Å². The van der Waals surface area contributed by atoms with Gasteiger partial charge in [-0.05, 0) is 35.8 Å². The third-order valence-electron chi connectivity index (χ3n) is 6.67. The van der Waals surface area contributed by atoms with Crippen molar-refractivity contribution >= 4 is 0 Å². The predicted octanol–water partition coefficient (Wildman–Crippen LogP) is 6.91. The highest BCUT2D eigenvalue weighted by molar-refractivity contribution is 5.23. The minimum atomic E-state index is 0.187. The minimum Gasteiger partial charge on any atom is -0.279 e. The van der Waals surface area contributed by atoms with E-state index in [2.05, 4.69) is 126 Å². The van der Waals surface area contributed by atoms with Gasteiger partial charge < -0.3 is 0 Å². The van der Waals surface area contributed by atoms with E-state index in [-0.39, 0.29) is 10.8 Å². The van der Waals surface area contributed by atoms with Gasteiger partial charge in [-0.2, -0.15) is 0 Å². The van der Waals surface area contributed by atoms with Gasteiger partial charge in [0.1, 0.15) is 0 Å². The van der Waals surface area contributed by atoms with Crippen molar-refractivity contribution in [1.29, 1.82) is 0 Å². The molecule has 0 spiro atoms. The molecular formula is C27H40N2. The fraction of sp³-hybridized carbons (Fsp3) is 0.556. The lowest BCUT2D eigenvalue weighted by Gasteiger charge is -2.46. The Morgan fingerprint density at radius 1 is 0.621 bits per heavy atom. The lowest BCUT2D eigenvalue weighted by atomic mass is 9.72. The number of rotatable bonds is 4. The monoisotopic (exact) mass is 392 g/mol. The first-order chi connectivity index (χ1) is 13.5. The molecule has 1 aliphatic rings. The third kappa shape index (κ3) is 4.59. The molecule has 0 aliphatic carbocycles. The summed E-state index contributed by atoms with van der Waals surface area (Å²) in [6.07, 6.45) is 0. The zero-order valence-corrected chi connectivity index (χ0v) is 19.7. The topological polar surface area (TPSA) is 6.48 Å². The molecule has 0 saturated carbocycles. The van der Waals surface area contributed by atoms with Crippen molar-refractivity contribution in [3.8, 4) is 0 Å². The molecule has 0 radical (unpaired) electrons. The van der Waals surface area contributed by atoms with Crippen LogP contribution in [0.25, 0.3) is 0 Å². The Labute approximate surface area is 178 Å². The summed E-state index contributed by atoms with van der Waals surface area (Å²) in [4.78, 5) is 5.51. The summed E-state index contributed by atoms with van der Waals surface area (Å²) in [6.45, 7) is 20.2. The van der Waals surface area contributed by atoms with Crippen molar-refractivity contribution in [2.24, 2.45) is 10.8 Å². The maximum atomic E-state index is 2.75. The van der Waals surface area contributed by atoms with Gasteiger partial charge in [-0.25, -0.2) is 0 Å². The smallest absolute Gasteiger partial charge is 0.0524 e. The summed E-state index contributed by atoms with van der Waals surface area (Å²) >= 11 is 0. The lowest BCUT2D eigenvalue weighted by Crippen LogP contribution is -2.52. The van der Waals surface area contributed by atoms with Crippen LogP contribution in [0.15, 0.2) is 60.7 Å². The van der Waals surface area contributed by atoms with E-state index < -0.39 is 0 Å². The Morgan fingerprint density at radius 3 is 1.21 bits per heavy atom. The molecule has 29 heavy (non-hydrogen) atoms. The minimum absolute atomic E-state index is 0.187. The van der Waals surface area contributed by atoms with E-state index in [1.807, 2.05) is 0 Å². The molecule has 4 atom stereocenters. The zero-order chi connectivity index (χ0) is 21.4. The predicted molar refractivity (Wildman–Crippen MR) is 125 cm³/mol. The third-order valence-corrected chi connectivity index (χ3v) is 6.67. The van der Waals surface area contributed by atoms with Gasteiger partial charge in [-0.15, -0.1) is 0 Å². The summed E-state index contributed by atoms with van der Waals surface area (Å²) in [5.74, 6) is 0. The maximum absolute atomic E-state index is 2.75. The van der Waals surface area contributed by atoms with Gasteiger partial charge in [0.15, 0.2) is 0 Å². The van der Waals surface area contributed by atoms with Crippen molar-refractivity contribution in [2.75, 3.05) is 6.67 Å². The first-order valence-corrected chi connectivity index (χ1v) is 11.1. The van der Waals surface area contributed by atoms with E-state index in [0.29, 0.717) is 24.2 Å². The van der Waals surface area contributed by atoms with Gasteiger partial charge in [0.2, 0.25) is 0 Å². The fourth-order valence-electron chi connectivity index (χ4n) is 5.24. The number of nitrogens with zero attached hydrogens (tertiary/aromatic N) is 2. The van der Waals surface area contributed by atoms with Gasteiger partial charge >= 0.3 is 0 Å². The Hall–Kier alpha value is -1.64. The van der Waals surface area contributed by atoms with Crippen molar-refractivity contribution in [3.05, 3.63) is 71.8 Å². The molecule has 2 heteroatoms. The van der Waals surface area contributed by atoms with Crippen molar-refractivity contribution in [2.45, 2.75) is 79.6 Å². The summed E-state index contributed by atoms with van der Waals surface area (Å²) < 4.78 is 0. The summed E-state index contributed by atoms with van der Waals surface area (Å²) in [5, 5.41) is 0. The van der Waals surface area contributed by atoms with Crippen LogP contribution in [-0.2, 0) is 0 Å². The van der Waals surface area contributed by atoms with Gasteiger partial charge in [-0.3, -0.25) is 9.80 Å². The summed E-state index contributed by atoms with van der Waals surface area (Å²) in [5.41, 5.74) is 3.19. The molecule has 2 nitrogen and oxygen atoms in total. The molecule has 1 aliphatic heterocycles. The molecule has 2 aromatic carbocycles. The molecule has 0 N–H and O–H groups in total. The maximum Gasteiger partial charge on any atom is 0.0524 e. The highest BCUT2D eigenvalue weighted by atomic mass is 15.4. The van der Waals surface area contributed by atoms with Crippen LogP contribution in [0.2, 0.25) is 0 Å². The average molecular weight is 393 g/mol. The van der Waals surface area contributed by atoms with E-state index in [1.165, 1.54) is 11.1 Å². The second-order valence-corrected chi connectivity index (χ2v) is 11.0. The van der Waals surface area contributed by atoms with Crippen LogP contribution in [0, 0.1) is 10.8 Å². The van der Waals surface area contributed by atoms with E-state index in [4.69, 9.17) is 0 Å². The molecule has 3 rings (SSSR count). The standard InChI is InChI=1S/C27H40N2/c1-20(22-15-11-9-12-16-22)28-19-29(21(2)23-17-13-10-14-18-23)25(27(6,7)8)24(28)26(3,4)5/h9-18,20-21,24-25H,19H2,1-8H3/t20-,21-,24+,25+/m0/s1. The number of hydrogen-bond acceptors (Lipinski definition) is 2. The molecule has 1 saturated heterocycles. The molecule has 0 unspecified atom stereocenters. The van der Waals surface area contributed by atoms with E-state index in [1.54, 1.807) is 0 Å². The molecule has 1 heterocycles. The van der Waals surface area contributed by atoms with Crippen LogP contribution in [0.5, 0.6) is 0 Å². The first-order valence-electron chi connectivity index (χ1n) is 11.1. The second-order valence-electron chi connectivity index (χ2n) is 11.0. The Balaban J connectivity index is 2.05. The highest BCUT2D eigenvalue weighted by Crippen LogP contribution is 2.47. The molecule has 158 valence electrons. The lowest BCUT2D eigenvalue weighted by molar-refractivity contribution is 0.0537. The number of hydrogen-bond donors (Lipinski definition) is 0. The largest absolute Gasteiger partial charge is 0.279 e. The molecule has 0 amide bonds. The van der Waals surface area contributed by atoms with Crippen LogP contribution in [-0.4, -0.2) is 28.6 Å². The first kappa shape index (κ1) is 22.1. The molecular weight excluding hydrogens is 352 g/mol. The highest BCUT2D eigenvalue weighted by Gasteiger charge is 2.52. The van der Waals surface area contributed by atoms with Crippen molar-refractivity contribution < 1.29 is 0 Å². The normalized spacial score (nSPS) is 23.9. The van der Waals surface area contributed by atoms with E-state index in [0.717, 1.165) is 6.67 Å². The average Bonchev–Trinajstić information content (AvgIpc) is 3.10. The zero-order valence-electron chi connectivity index (χ0n) is 19.7. The summed E-state index contributed by atoms with van der Waals surface area (Å²) in [7, 11) is 0. The Morgan fingerprint density at radius 2 is 0.931 bits per heavy atom.